The Balaban J connectivity index is 1.52. The molecule has 2 N–H and O–H groups in total. The Labute approximate surface area is 160 Å². The first-order chi connectivity index (χ1) is 13.3. The van der Waals surface area contributed by atoms with Crippen LogP contribution in [0.5, 0.6) is 0 Å². The van der Waals surface area contributed by atoms with E-state index in [0.29, 0.717) is 11.5 Å². The number of anilines is 3. The van der Waals surface area contributed by atoms with Crippen molar-refractivity contribution in [1.29, 1.82) is 0 Å². The molecule has 0 aliphatic rings. The number of amides is 1. The predicted octanol–water partition coefficient (Wildman–Crippen LogP) is 4.60. The summed E-state index contributed by atoms with van der Waals surface area (Å²) >= 11 is 1.48. The molecule has 4 aromatic rings. The minimum Gasteiger partial charge on any atom is -0.324 e. The third-order valence-electron chi connectivity index (χ3n) is 3.75. The monoisotopic (exact) mass is 373 g/mol. The molecule has 27 heavy (non-hydrogen) atoms. The average molecular weight is 373 g/mol. The normalized spacial score (nSPS) is 10.4. The van der Waals surface area contributed by atoms with Crippen molar-refractivity contribution < 1.29 is 4.79 Å². The quantitative estimate of drug-likeness (QED) is 0.535. The van der Waals surface area contributed by atoms with Crippen molar-refractivity contribution in [3.05, 3.63) is 84.1 Å². The van der Waals surface area contributed by atoms with Gasteiger partial charge in [-0.1, -0.05) is 6.07 Å². The molecule has 0 fully saturated rings. The molecule has 4 rings (SSSR count). The lowest BCUT2D eigenvalue weighted by atomic mass is 10.2. The Kier molecular flexibility index (Phi) is 4.84. The Hall–Kier alpha value is -3.58. The van der Waals surface area contributed by atoms with E-state index in [0.717, 1.165) is 21.9 Å². The number of benzene rings is 1. The summed E-state index contributed by atoms with van der Waals surface area (Å²) in [7, 11) is 0. The van der Waals surface area contributed by atoms with Crippen LogP contribution in [0.3, 0.4) is 0 Å². The van der Waals surface area contributed by atoms with Gasteiger partial charge in [0.05, 0.1) is 10.7 Å². The summed E-state index contributed by atoms with van der Waals surface area (Å²) in [6, 6.07) is 16.6. The molecular weight excluding hydrogens is 358 g/mol. The third kappa shape index (κ3) is 4.16. The van der Waals surface area contributed by atoms with Gasteiger partial charge in [-0.3, -0.25) is 9.78 Å². The van der Waals surface area contributed by atoms with E-state index in [2.05, 4.69) is 25.6 Å². The first kappa shape index (κ1) is 16.9. The largest absolute Gasteiger partial charge is 0.324 e. The van der Waals surface area contributed by atoms with Crippen molar-refractivity contribution in [2.45, 2.75) is 0 Å². The van der Waals surface area contributed by atoms with Gasteiger partial charge < -0.3 is 10.6 Å². The fraction of sp³-hybridized carbons (Fsp3) is 0. The standard InChI is InChI=1S/C20H15N5OS/c26-19(25-18-7-3-11-27-18)14-4-1-6-16(12-14)23-20-22-10-8-17(24-20)15-5-2-9-21-13-15/h1-13H,(H,25,26)(H,22,23,24). The van der Waals surface area contributed by atoms with Crippen LogP contribution in [0.4, 0.5) is 16.6 Å². The second-order valence-electron chi connectivity index (χ2n) is 5.64. The number of hydrogen-bond donors (Lipinski definition) is 2. The van der Waals surface area contributed by atoms with Crippen molar-refractivity contribution >= 4 is 33.9 Å². The maximum absolute atomic E-state index is 12.4. The number of nitrogens with zero attached hydrogens (tertiary/aromatic N) is 3. The second kappa shape index (κ2) is 7.76. The zero-order valence-corrected chi connectivity index (χ0v) is 15.0. The van der Waals surface area contributed by atoms with Gasteiger partial charge in [-0.2, -0.15) is 0 Å². The number of nitrogens with one attached hydrogen (secondary N) is 2. The Morgan fingerprint density at radius 2 is 1.96 bits per heavy atom. The number of pyridine rings is 1. The molecule has 132 valence electrons. The zero-order chi connectivity index (χ0) is 18.5. The lowest BCUT2D eigenvalue weighted by molar-refractivity contribution is 0.102. The molecule has 0 aliphatic carbocycles. The van der Waals surface area contributed by atoms with Gasteiger partial charge in [0.15, 0.2) is 0 Å². The molecule has 6 nitrogen and oxygen atoms in total. The van der Waals surface area contributed by atoms with Crippen molar-refractivity contribution in [1.82, 2.24) is 15.0 Å². The molecule has 0 atom stereocenters. The SMILES string of the molecule is O=C(Nc1cccs1)c1cccc(Nc2nccc(-c3cccnc3)n2)c1. The molecule has 0 radical (unpaired) electrons. The molecule has 0 unspecified atom stereocenters. The molecule has 3 heterocycles. The molecular formula is C20H15N5OS. The highest BCUT2D eigenvalue weighted by Crippen LogP contribution is 2.20. The van der Waals surface area contributed by atoms with Crippen LogP contribution in [0.1, 0.15) is 10.4 Å². The van der Waals surface area contributed by atoms with Crippen LogP contribution in [0.2, 0.25) is 0 Å². The van der Waals surface area contributed by atoms with E-state index in [4.69, 9.17) is 0 Å². The number of aromatic nitrogens is 3. The van der Waals surface area contributed by atoms with Crippen LogP contribution in [0.25, 0.3) is 11.3 Å². The van der Waals surface area contributed by atoms with Gasteiger partial charge in [0.25, 0.3) is 5.91 Å². The molecule has 0 saturated carbocycles. The van der Waals surface area contributed by atoms with Crippen molar-refractivity contribution in [2.24, 2.45) is 0 Å². The third-order valence-corrected chi connectivity index (χ3v) is 4.54. The van der Waals surface area contributed by atoms with Crippen LogP contribution in [0, 0.1) is 0 Å². The maximum atomic E-state index is 12.4. The van der Waals surface area contributed by atoms with Crippen LogP contribution in [0.15, 0.2) is 78.6 Å². The minimum absolute atomic E-state index is 0.161. The summed E-state index contributed by atoms with van der Waals surface area (Å²) in [5, 5.41) is 8.75. The van der Waals surface area contributed by atoms with Crippen LogP contribution in [-0.2, 0) is 0 Å². The van der Waals surface area contributed by atoms with E-state index in [1.165, 1.54) is 11.3 Å². The molecule has 0 saturated heterocycles. The highest BCUT2D eigenvalue weighted by Gasteiger charge is 2.08. The van der Waals surface area contributed by atoms with Gasteiger partial charge in [0, 0.05) is 35.4 Å². The average Bonchev–Trinajstić information content (AvgIpc) is 3.22. The van der Waals surface area contributed by atoms with Crippen LogP contribution in [-0.4, -0.2) is 20.9 Å². The highest BCUT2D eigenvalue weighted by molar-refractivity contribution is 7.14. The predicted molar refractivity (Wildman–Crippen MR) is 107 cm³/mol. The Morgan fingerprint density at radius 3 is 2.78 bits per heavy atom. The van der Waals surface area contributed by atoms with Crippen LogP contribution >= 0.6 is 11.3 Å². The molecule has 1 aromatic carbocycles. The van der Waals surface area contributed by atoms with E-state index >= 15 is 0 Å². The highest BCUT2D eigenvalue weighted by atomic mass is 32.1. The Bertz CT molecular complexity index is 1050. The van der Waals surface area contributed by atoms with E-state index in [1.807, 2.05) is 47.8 Å². The van der Waals surface area contributed by atoms with Gasteiger partial charge >= 0.3 is 0 Å². The number of thiophene rings is 1. The minimum atomic E-state index is -0.161. The van der Waals surface area contributed by atoms with Crippen molar-refractivity contribution in [3.63, 3.8) is 0 Å². The van der Waals surface area contributed by atoms with Crippen LogP contribution < -0.4 is 10.6 Å². The summed E-state index contributed by atoms with van der Waals surface area (Å²) < 4.78 is 0. The summed E-state index contributed by atoms with van der Waals surface area (Å²) in [5.74, 6) is 0.290. The molecule has 0 spiro atoms. The zero-order valence-electron chi connectivity index (χ0n) is 14.2. The van der Waals surface area contributed by atoms with Gasteiger partial charge in [-0.15, -0.1) is 11.3 Å². The van der Waals surface area contributed by atoms with E-state index in [1.54, 1.807) is 30.7 Å². The summed E-state index contributed by atoms with van der Waals surface area (Å²) in [4.78, 5) is 25.3. The molecule has 0 bridgehead atoms. The van der Waals surface area contributed by atoms with E-state index < -0.39 is 0 Å². The van der Waals surface area contributed by atoms with Gasteiger partial charge in [-0.25, -0.2) is 9.97 Å². The summed E-state index contributed by atoms with van der Waals surface area (Å²) in [5.41, 5.74) is 2.97. The molecule has 1 amide bonds. The number of hydrogen-bond acceptors (Lipinski definition) is 6. The van der Waals surface area contributed by atoms with E-state index in [-0.39, 0.29) is 5.91 Å². The lowest BCUT2D eigenvalue weighted by Gasteiger charge is -2.08. The first-order valence-corrected chi connectivity index (χ1v) is 9.11. The van der Waals surface area contributed by atoms with Gasteiger partial charge in [0.1, 0.15) is 0 Å². The number of carbonyl (C=O) groups excluding carboxylic acids is 1. The first-order valence-electron chi connectivity index (χ1n) is 8.23. The lowest BCUT2D eigenvalue weighted by Crippen LogP contribution is -2.11. The second-order valence-corrected chi connectivity index (χ2v) is 6.59. The number of carbonyl (C=O) groups is 1. The van der Waals surface area contributed by atoms with Gasteiger partial charge in [-0.05, 0) is 53.9 Å². The number of rotatable bonds is 5. The molecule has 0 aliphatic heterocycles. The van der Waals surface area contributed by atoms with E-state index in [9.17, 15) is 4.79 Å². The smallest absolute Gasteiger partial charge is 0.256 e. The maximum Gasteiger partial charge on any atom is 0.256 e. The van der Waals surface area contributed by atoms with Crippen molar-refractivity contribution in [3.8, 4) is 11.3 Å². The van der Waals surface area contributed by atoms with Gasteiger partial charge in [0.2, 0.25) is 5.95 Å². The van der Waals surface area contributed by atoms with Crippen molar-refractivity contribution in [2.75, 3.05) is 10.6 Å². The topological polar surface area (TPSA) is 79.8 Å². The Morgan fingerprint density at radius 1 is 1.00 bits per heavy atom. The summed E-state index contributed by atoms with van der Waals surface area (Å²) in [6.45, 7) is 0. The summed E-state index contributed by atoms with van der Waals surface area (Å²) in [6.07, 6.45) is 5.16. The molecule has 3 aromatic heterocycles. The molecule has 7 heteroatoms. The fourth-order valence-corrected chi connectivity index (χ4v) is 3.11. The fourth-order valence-electron chi connectivity index (χ4n) is 2.50.